The van der Waals surface area contributed by atoms with E-state index >= 15 is 0 Å². The second-order valence-corrected chi connectivity index (χ2v) is 5.09. The number of amides is 2. The second kappa shape index (κ2) is 5.77. The van der Waals surface area contributed by atoms with Crippen LogP contribution in [0.5, 0.6) is 0 Å². The molecule has 0 spiro atoms. The fraction of sp³-hybridized carbons (Fsp3) is 0.250. The standard InChI is InChI=1S/C12H12N2O4S/c15-10-6-14(7-11(16)13-10)5-9-8(3-4-19-9)1-2-12(17)18/h1-4H,5-7H2,(H,17,18)(H,13,15,16). The van der Waals surface area contributed by atoms with Crippen molar-refractivity contribution in [1.82, 2.24) is 10.2 Å². The molecule has 1 saturated heterocycles. The molecular formula is C12H12N2O4S. The number of hydrogen-bond acceptors (Lipinski definition) is 5. The number of nitrogens with one attached hydrogen (secondary N) is 1. The molecule has 0 aliphatic carbocycles. The van der Waals surface area contributed by atoms with Crippen LogP contribution in [0.15, 0.2) is 17.5 Å². The lowest BCUT2D eigenvalue weighted by atomic mass is 10.2. The summed E-state index contributed by atoms with van der Waals surface area (Å²) in [5.41, 5.74) is 0.797. The van der Waals surface area contributed by atoms with Crippen LogP contribution in [0.1, 0.15) is 10.4 Å². The zero-order valence-corrected chi connectivity index (χ0v) is 10.8. The minimum absolute atomic E-state index is 0.172. The van der Waals surface area contributed by atoms with Crippen LogP contribution in [0.3, 0.4) is 0 Å². The third-order valence-electron chi connectivity index (χ3n) is 2.57. The van der Waals surface area contributed by atoms with Gasteiger partial charge in [0, 0.05) is 17.5 Å². The van der Waals surface area contributed by atoms with E-state index in [4.69, 9.17) is 5.11 Å². The van der Waals surface area contributed by atoms with E-state index in [1.54, 1.807) is 4.90 Å². The van der Waals surface area contributed by atoms with Crippen molar-refractivity contribution in [2.75, 3.05) is 13.1 Å². The molecule has 19 heavy (non-hydrogen) atoms. The molecule has 0 saturated carbocycles. The molecule has 1 aliphatic rings. The minimum Gasteiger partial charge on any atom is -0.478 e. The summed E-state index contributed by atoms with van der Waals surface area (Å²) in [6.45, 7) is 0.799. The van der Waals surface area contributed by atoms with Gasteiger partial charge in [0.25, 0.3) is 0 Å². The van der Waals surface area contributed by atoms with Gasteiger partial charge in [0.05, 0.1) is 13.1 Å². The first-order valence-corrected chi connectivity index (χ1v) is 6.45. The molecule has 0 aromatic carbocycles. The number of piperazine rings is 1. The number of rotatable bonds is 4. The van der Waals surface area contributed by atoms with Crippen LogP contribution in [0, 0.1) is 0 Å². The molecule has 2 heterocycles. The van der Waals surface area contributed by atoms with Crippen molar-refractivity contribution in [2.45, 2.75) is 6.54 Å². The number of thiophene rings is 1. The van der Waals surface area contributed by atoms with Gasteiger partial charge in [-0.15, -0.1) is 11.3 Å². The molecule has 100 valence electrons. The number of nitrogens with zero attached hydrogens (tertiary/aromatic N) is 1. The van der Waals surface area contributed by atoms with Crippen molar-refractivity contribution in [3.05, 3.63) is 28.0 Å². The van der Waals surface area contributed by atoms with E-state index in [9.17, 15) is 14.4 Å². The minimum atomic E-state index is -1.01. The van der Waals surface area contributed by atoms with Crippen molar-refractivity contribution < 1.29 is 19.5 Å². The van der Waals surface area contributed by atoms with Gasteiger partial charge < -0.3 is 5.11 Å². The van der Waals surface area contributed by atoms with Gasteiger partial charge in [0.15, 0.2) is 0 Å². The van der Waals surface area contributed by atoms with Crippen LogP contribution >= 0.6 is 11.3 Å². The molecule has 0 radical (unpaired) electrons. The maximum Gasteiger partial charge on any atom is 0.328 e. The SMILES string of the molecule is O=C(O)C=Cc1ccsc1CN1CC(=O)NC(=O)C1. The van der Waals surface area contributed by atoms with Gasteiger partial charge in [-0.2, -0.15) is 0 Å². The van der Waals surface area contributed by atoms with Gasteiger partial charge in [-0.05, 0) is 23.1 Å². The van der Waals surface area contributed by atoms with Crippen LogP contribution in [-0.2, 0) is 20.9 Å². The van der Waals surface area contributed by atoms with Crippen molar-refractivity contribution >= 4 is 35.2 Å². The number of hydrogen-bond donors (Lipinski definition) is 2. The van der Waals surface area contributed by atoms with Crippen LogP contribution in [0.2, 0.25) is 0 Å². The Morgan fingerprint density at radius 2 is 2.11 bits per heavy atom. The normalized spacial score (nSPS) is 16.8. The molecule has 2 amide bonds. The third-order valence-corrected chi connectivity index (χ3v) is 3.49. The zero-order valence-electron chi connectivity index (χ0n) is 9.96. The highest BCUT2D eigenvalue weighted by atomic mass is 32.1. The number of carbonyl (C=O) groups excluding carboxylic acids is 2. The highest BCUT2D eigenvalue weighted by Crippen LogP contribution is 2.20. The Hall–Kier alpha value is -1.99. The maximum absolute atomic E-state index is 11.3. The number of imide groups is 1. The highest BCUT2D eigenvalue weighted by Gasteiger charge is 2.23. The van der Waals surface area contributed by atoms with Crippen molar-refractivity contribution in [3.8, 4) is 0 Å². The quantitative estimate of drug-likeness (QED) is 0.612. The molecule has 0 bridgehead atoms. The van der Waals surface area contributed by atoms with Crippen LogP contribution < -0.4 is 5.32 Å². The Kier molecular flexibility index (Phi) is 4.08. The first kappa shape index (κ1) is 13.4. The van der Waals surface area contributed by atoms with Gasteiger partial charge in [-0.25, -0.2) is 4.79 Å². The van der Waals surface area contributed by atoms with E-state index in [0.717, 1.165) is 16.5 Å². The van der Waals surface area contributed by atoms with Crippen LogP contribution in [-0.4, -0.2) is 40.9 Å². The molecule has 1 aromatic heterocycles. The summed E-state index contributed by atoms with van der Waals surface area (Å²) >= 11 is 1.47. The van der Waals surface area contributed by atoms with Crippen LogP contribution in [0.25, 0.3) is 6.08 Å². The fourth-order valence-corrected chi connectivity index (χ4v) is 2.71. The summed E-state index contributed by atoms with van der Waals surface area (Å²) < 4.78 is 0. The van der Waals surface area contributed by atoms with E-state index in [1.807, 2.05) is 11.4 Å². The fourth-order valence-electron chi connectivity index (χ4n) is 1.80. The summed E-state index contributed by atoms with van der Waals surface area (Å²) in [4.78, 5) is 35.6. The third kappa shape index (κ3) is 3.73. The molecule has 7 heteroatoms. The van der Waals surface area contributed by atoms with Crippen molar-refractivity contribution in [3.63, 3.8) is 0 Å². The van der Waals surface area contributed by atoms with Gasteiger partial charge in [-0.3, -0.25) is 19.8 Å². The highest BCUT2D eigenvalue weighted by molar-refractivity contribution is 7.10. The monoisotopic (exact) mass is 280 g/mol. The van der Waals surface area contributed by atoms with Gasteiger partial charge in [0.1, 0.15) is 0 Å². The topological polar surface area (TPSA) is 86.7 Å². The predicted octanol–water partition coefficient (Wildman–Crippen LogP) is 0.304. The molecule has 2 rings (SSSR count). The molecule has 1 aromatic rings. The zero-order chi connectivity index (χ0) is 13.8. The predicted molar refractivity (Wildman–Crippen MR) is 69.4 cm³/mol. The summed E-state index contributed by atoms with van der Waals surface area (Å²) in [6, 6.07) is 1.81. The maximum atomic E-state index is 11.3. The van der Waals surface area contributed by atoms with E-state index in [-0.39, 0.29) is 24.9 Å². The largest absolute Gasteiger partial charge is 0.478 e. The van der Waals surface area contributed by atoms with Gasteiger partial charge in [0.2, 0.25) is 11.8 Å². The first-order chi connectivity index (χ1) is 9.04. The Balaban J connectivity index is 2.07. The molecule has 0 atom stereocenters. The first-order valence-electron chi connectivity index (χ1n) is 5.57. The number of carboxylic acids is 1. The summed E-state index contributed by atoms with van der Waals surface area (Å²) in [5, 5.41) is 12.7. The summed E-state index contributed by atoms with van der Waals surface area (Å²) in [6.07, 6.45) is 2.58. The molecule has 1 aliphatic heterocycles. The molecule has 6 nitrogen and oxygen atoms in total. The molecular weight excluding hydrogens is 268 g/mol. The lowest BCUT2D eigenvalue weighted by Gasteiger charge is -2.24. The van der Waals surface area contributed by atoms with Gasteiger partial charge in [-0.1, -0.05) is 0 Å². The Morgan fingerprint density at radius 3 is 2.74 bits per heavy atom. The van der Waals surface area contributed by atoms with Crippen molar-refractivity contribution in [2.24, 2.45) is 0 Å². The van der Waals surface area contributed by atoms with E-state index in [2.05, 4.69) is 5.32 Å². The summed E-state index contributed by atoms with van der Waals surface area (Å²) in [7, 11) is 0. The molecule has 0 unspecified atom stereocenters. The van der Waals surface area contributed by atoms with Crippen LogP contribution in [0.4, 0.5) is 0 Å². The Morgan fingerprint density at radius 1 is 1.42 bits per heavy atom. The smallest absolute Gasteiger partial charge is 0.328 e. The average molecular weight is 280 g/mol. The molecule has 2 N–H and O–H groups in total. The number of aliphatic carboxylic acids is 1. The number of carbonyl (C=O) groups is 3. The van der Waals surface area contributed by atoms with E-state index in [1.165, 1.54) is 17.4 Å². The number of carboxylic acid groups (broad SMARTS) is 1. The average Bonchev–Trinajstić information content (AvgIpc) is 2.72. The van der Waals surface area contributed by atoms with Crippen molar-refractivity contribution in [1.29, 1.82) is 0 Å². The Bertz CT molecular complexity index is 534. The second-order valence-electron chi connectivity index (χ2n) is 4.09. The lowest BCUT2D eigenvalue weighted by molar-refractivity contribution is -0.136. The summed E-state index contributed by atoms with van der Waals surface area (Å²) in [5.74, 6) is -1.63. The van der Waals surface area contributed by atoms with Gasteiger partial charge >= 0.3 is 5.97 Å². The molecule has 1 fully saturated rings. The van der Waals surface area contributed by atoms with E-state index in [0.29, 0.717) is 6.54 Å². The Labute approximate surface area is 113 Å². The lowest BCUT2D eigenvalue weighted by Crippen LogP contribution is -2.50. The van der Waals surface area contributed by atoms with E-state index < -0.39 is 5.97 Å².